The SMILES string of the molecule is O=C(/C=C/c1ccccc1)Cn1cc(-c2ccccc2)nn1. The average molecular weight is 289 g/mol. The zero-order chi connectivity index (χ0) is 15.2. The van der Waals surface area contributed by atoms with Gasteiger partial charge in [0.2, 0.25) is 0 Å². The lowest BCUT2D eigenvalue weighted by Crippen LogP contribution is -2.07. The monoisotopic (exact) mass is 289 g/mol. The van der Waals surface area contributed by atoms with Gasteiger partial charge in [0.25, 0.3) is 0 Å². The molecule has 0 bridgehead atoms. The molecule has 0 fully saturated rings. The number of hydrogen-bond acceptors (Lipinski definition) is 3. The van der Waals surface area contributed by atoms with Gasteiger partial charge in [-0.1, -0.05) is 72.0 Å². The first-order valence-corrected chi connectivity index (χ1v) is 7.03. The third kappa shape index (κ3) is 3.55. The molecule has 0 unspecified atom stereocenters. The zero-order valence-corrected chi connectivity index (χ0v) is 12.0. The van der Waals surface area contributed by atoms with Gasteiger partial charge in [0.15, 0.2) is 5.78 Å². The van der Waals surface area contributed by atoms with Gasteiger partial charge in [-0.25, -0.2) is 4.68 Å². The molecular formula is C18H15N3O. The number of carbonyl (C=O) groups excluding carboxylic acids is 1. The van der Waals surface area contributed by atoms with Gasteiger partial charge in [0.05, 0.1) is 6.20 Å². The summed E-state index contributed by atoms with van der Waals surface area (Å²) in [4.78, 5) is 12.0. The summed E-state index contributed by atoms with van der Waals surface area (Å²) >= 11 is 0. The van der Waals surface area contributed by atoms with Crippen LogP contribution in [-0.4, -0.2) is 20.8 Å². The molecule has 0 atom stereocenters. The molecule has 2 aromatic carbocycles. The smallest absolute Gasteiger partial charge is 0.177 e. The summed E-state index contributed by atoms with van der Waals surface area (Å²) < 4.78 is 1.56. The molecule has 4 heteroatoms. The van der Waals surface area contributed by atoms with Crippen LogP contribution in [0.3, 0.4) is 0 Å². The fourth-order valence-corrected chi connectivity index (χ4v) is 2.08. The molecule has 0 aliphatic rings. The van der Waals surface area contributed by atoms with Crippen LogP contribution in [0.25, 0.3) is 17.3 Å². The first-order chi connectivity index (χ1) is 10.8. The Labute approximate surface area is 128 Å². The maximum atomic E-state index is 12.0. The Morgan fingerprint density at radius 2 is 1.68 bits per heavy atom. The molecule has 1 heterocycles. The van der Waals surface area contributed by atoms with Crippen LogP contribution in [-0.2, 0) is 11.3 Å². The molecule has 3 aromatic rings. The third-order valence-corrected chi connectivity index (χ3v) is 3.19. The Morgan fingerprint density at radius 1 is 1.00 bits per heavy atom. The predicted molar refractivity (Wildman–Crippen MR) is 85.9 cm³/mol. The number of aromatic nitrogens is 3. The number of rotatable bonds is 5. The molecule has 108 valence electrons. The minimum Gasteiger partial charge on any atom is -0.293 e. The summed E-state index contributed by atoms with van der Waals surface area (Å²) in [5, 5.41) is 8.09. The molecule has 0 aliphatic heterocycles. The van der Waals surface area contributed by atoms with Gasteiger partial charge in [0, 0.05) is 5.56 Å². The molecule has 22 heavy (non-hydrogen) atoms. The van der Waals surface area contributed by atoms with Gasteiger partial charge >= 0.3 is 0 Å². The van der Waals surface area contributed by atoms with E-state index in [0.717, 1.165) is 16.8 Å². The van der Waals surface area contributed by atoms with Crippen molar-refractivity contribution < 1.29 is 4.79 Å². The third-order valence-electron chi connectivity index (χ3n) is 3.19. The van der Waals surface area contributed by atoms with Crippen molar-refractivity contribution in [2.75, 3.05) is 0 Å². The number of hydrogen-bond donors (Lipinski definition) is 0. The number of nitrogens with zero attached hydrogens (tertiary/aromatic N) is 3. The summed E-state index contributed by atoms with van der Waals surface area (Å²) in [5.41, 5.74) is 2.75. The van der Waals surface area contributed by atoms with Crippen LogP contribution in [0, 0.1) is 0 Å². The second-order valence-corrected chi connectivity index (χ2v) is 4.88. The highest BCUT2D eigenvalue weighted by molar-refractivity contribution is 5.93. The van der Waals surface area contributed by atoms with Gasteiger partial charge in [0.1, 0.15) is 12.2 Å². The van der Waals surface area contributed by atoms with Crippen LogP contribution >= 0.6 is 0 Å². The molecule has 3 rings (SSSR count). The molecule has 0 N–H and O–H groups in total. The maximum Gasteiger partial charge on any atom is 0.177 e. The molecule has 0 saturated carbocycles. The Kier molecular flexibility index (Phi) is 4.20. The predicted octanol–water partition coefficient (Wildman–Crippen LogP) is 3.23. The quantitative estimate of drug-likeness (QED) is 0.677. The zero-order valence-electron chi connectivity index (χ0n) is 12.0. The highest BCUT2D eigenvalue weighted by Crippen LogP contribution is 2.14. The van der Waals surface area contributed by atoms with Crippen LogP contribution in [0.15, 0.2) is 72.9 Å². The Balaban J connectivity index is 1.65. The van der Waals surface area contributed by atoms with E-state index in [-0.39, 0.29) is 12.3 Å². The van der Waals surface area contributed by atoms with Gasteiger partial charge in [-0.3, -0.25) is 4.79 Å². The van der Waals surface area contributed by atoms with Crippen molar-refractivity contribution in [3.05, 3.63) is 78.5 Å². The summed E-state index contributed by atoms with van der Waals surface area (Å²) in [7, 11) is 0. The topological polar surface area (TPSA) is 47.8 Å². The van der Waals surface area contributed by atoms with Gasteiger partial charge < -0.3 is 0 Å². The van der Waals surface area contributed by atoms with Crippen molar-refractivity contribution in [3.63, 3.8) is 0 Å². The summed E-state index contributed by atoms with van der Waals surface area (Å²) in [6.45, 7) is 0.184. The average Bonchev–Trinajstić information content (AvgIpc) is 3.03. The Bertz CT molecular complexity index is 776. The standard InChI is InChI=1S/C18H15N3O/c22-17(12-11-15-7-3-1-4-8-15)13-21-14-18(19-20-21)16-9-5-2-6-10-16/h1-12,14H,13H2/b12-11+. The second kappa shape index (κ2) is 6.63. The molecule has 0 radical (unpaired) electrons. The maximum absolute atomic E-state index is 12.0. The van der Waals surface area contributed by atoms with Crippen LogP contribution in [0.4, 0.5) is 0 Å². The second-order valence-electron chi connectivity index (χ2n) is 4.88. The minimum atomic E-state index is -0.0200. The fourth-order valence-electron chi connectivity index (χ4n) is 2.08. The number of carbonyl (C=O) groups is 1. The van der Waals surface area contributed by atoms with Crippen molar-refractivity contribution in [3.8, 4) is 11.3 Å². The molecule has 0 amide bonds. The van der Waals surface area contributed by atoms with E-state index >= 15 is 0 Å². The lowest BCUT2D eigenvalue weighted by atomic mass is 10.2. The van der Waals surface area contributed by atoms with Gasteiger partial charge in [-0.15, -0.1) is 5.10 Å². The van der Waals surface area contributed by atoms with Crippen LogP contribution in [0.2, 0.25) is 0 Å². The van der Waals surface area contributed by atoms with Crippen molar-refractivity contribution in [2.24, 2.45) is 0 Å². The molecular weight excluding hydrogens is 274 g/mol. The lowest BCUT2D eigenvalue weighted by molar-refractivity contribution is -0.115. The summed E-state index contributed by atoms with van der Waals surface area (Å²) in [5.74, 6) is -0.0200. The molecule has 1 aromatic heterocycles. The van der Waals surface area contributed by atoms with E-state index in [4.69, 9.17) is 0 Å². The van der Waals surface area contributed by atoms with Crippen molar-refractivity contribution in [1.29, 1.82) is 0 Å². The van der Waals surface area contributed by atoms with Crippen molar-refractivity contribution >= 4 is 11.9 Å². The normalized spacial score (nSPS) is 10.9. The number of benzene rings is 2. The van der Waals surface area contributed by atoms with Crippen molar-refractivity contribution in [2.45, 2.75) is 6.54 Å². The number of ketones is 1. The van der Waals surface area contributed by atoms with E-state index < -0.39 is 0 Å². The highest BCUT2D eigenvalue weighted by Gasteiger charge is 2.05. The van der Waals surface area contributed by atoms with E-state index in [1.807, 2.05) is 60.7 Å². The molecule has 0 saturated heterocycles. The lowest BCUT2D eigenvalue weighted by Gasteiger charge is -1.96. The van der Waals surface area contributed by atoms with Crippen LogP contribution < -0.4 is 0 Å². The summed E-state index contributed by atoms with van der Waals surface area (Å²) in [6.07, 6.45) is 5.15. The largest absolute Gasteiger partial charge is 0.293 e. The highest BCUT2D eigenvalue weighted by atomic mass is 16.1. The van der Waals surface area contributed by atoms with Gasteiger partial charge in [-0.2, -0.15) is 0 Å². The molecule has 0 spiro atoms. The molecule has 0 aliphatic carbocycles. The Hall–Kier alpha value is -3.01. The first kappa shape index (κ1) is 13.9. The van der Waals surface area contributed by atoms with E-state index in [1.54, 1.807) is 23.0 Å². The van der Waals surface area contributed by atoms with Crippen LogP contribution in [0.5, 0.6) is 0 Å². The van der Waals surface area contributed by atoms with Gasteiger partial charge in [-0.05, 0) is 11.6 Å². The van der Waals surface area contributed by atoms with E-state index in [0.29, 0.717) is 0 Å². The van der Waals surface area contributed by atoms with E-state index in [9.17, 15) is 4.79 Å². The first-order valence-electron chi connectivity index (χ1n) is 7.03. The summed E-state index contributed by atoms with van der Waals surface area (Å²) in [6, 6.07) is 19.5. The number of allylic oxidation sites excluding steroid dienone is 1. The molecule has 4 nitrogen and oxygen atoms in total. The van der Waals surface area contributed by atoms with Crippen LogP contribution in [0.1, 0.15) is 5.56 Å². The van der Waals surface area contributed by atoms with E-state index in [2.05, 4.69) is 10.3 Å². The van der Waals surface area contributed by atoms with E-state index in [1.165, 1.54) is 0 Å². The minimum absolute atomic E-state index is 0.0200. The van der Waals surface area contributed by atoms with Crippen molar-refractivity contribution in [1.82, 2.24) is 15.0 Å². The Morgan fingerprint density at radius 3 is 2.41 bits per heavy atom. The fraction of sp³-hybridized carbons (Fsp3) is 0.0556.